The number of hydrogen-bond acceptors (Lipinski definition) is 3. The number of rotatable bonds is 5. The third kappa shape index (κ3) is 3.16. The molecular formula is C8H14N2O. The van der Waals surface area contributed by atoms with Crippen molar-refractivity contribution < 1.29 is 4.52 Å². The molecule has 0 spiro atoms. The van der Waals surface area contributed by atoms with E-state index >= 15 is 0 Å². The molecule has 0 amide bonds. The highest BCUT2D eigenvalue weighted by molar-refractivity contribution is 4.76. The average Bonchev–Trinajstić information content (AvgIpc) is 2.50. The van der Waals surface area contributed by atoms with E-state index < -0.39 is 0 Å². The molecule has 1 aromatic heterocycles. The predicted octanol–water partition coefficient (Wildman–Crippen LogP) is 2.19. The topological polar surface area (TPSA) is 38.9 Å². The van der Waals surface area contributed by atoms with E-state index in [0.717, 1.165) is 12.2 Å². The fraction of sp³-hybridized carbons (Fsp3) is 0.750. The molecule has 0 aliphatic heterocycles. The Labute approximate surface area is 66.8 Å². The lowest BCUT2D eigenvalue weighted by atomic mass is 10.1. The van der Waals surface area contributed by atoms with Crippen LogP contribution < -0.4 is 0 Å². The molecule has 3 nitrogen and oxygen atoms in total. The van der Waals surface area contributed by atoms with Crippen LogP contribution in [0.15, 0.2) is 10.9 Å². The van der Waals surface area contributed by atoms with Crippen LogP contribution >= 0.6 is 0 Å². The van der Waals surface area contributed by atoms with Gasteiger partial charge in [-0.25, -0.2) is 0 Å². The summed E-state index contributed by atoms with van der Waals surface area (Å²) >= 11 is 0. The van der Waals surface area contributed by atoms with Crippen LogP contribution in [0, 0.1) is 0 Å². The molecule has 1 heterocycles. The van der Waals surface area contributed by atoms with Crippen molar-refractivity contribution in [2.24, 2.45) is 0 Å². The van der Waals surface area contributed by atoms with Crippen LogP contribution in [0.25, 0.3) is 0 Å². The summed E-state index contributed by atoms with van der Waals surface area (Å²) in [5.41, 5.74) is 0. The van der Waals surface area contributed by atoms with Crippen molar-refractivity contribution in [2.75, 3.05) is 0 Å². The van der Waals surface area contributed by atoms with Crippen LogP contribution in [0.1, 0.15) is 38.4 Å². The van der Waals surface area contributed by atoms with Gasteiger partial charge in [-0.1, -0.05) is 31.3 Å². The van der Waals surface area contributed by atoms with Gasteiger partial charge in [-0.2, -0.15) is 4.98 Å². The highest BCUT2D eigenvalue weighted by atomic mass is 16.5. The van der Waals surface area contributed by atoms with E-state index in [1.807, 2.05) is 0 Å². The van der Waals surface area contributed by atoms with E-state index in [1.54, 1.807) is 0 Å². The summed E-state index contributed by atoms with van der Waals surface area (Å²) in [6, 6.07) is 0. The Kier molecular flexibility index (Phi) is 3.65. The van der Waals surface area contributed by atoms with Gasteiger partial charge in [0.25, 0.3) is 0 Å². The Bertz CT molecular complexity index is 172. The Balaban J connectivity index is 2.04. The zero-order chi connectivity index (χ0) is 7.94. The molecule has 1 rings (SSSR count). The van der Waals surface area contributed by atoms with Gasteiger partial charge in [0.05, 0.1) is 0 Å². The van der Waals surface area contributed by atoms with Gasteiger partial charge in [0.2, 0.25) is 6.39 Å². The molecule has 0 fully saturated rings. The summed E-state index contributed by atoms with van der Waals surface area (Å²) in [4.78, 5) is 3.94. The molecule has 0 unspecified atom stereocenters. The molecule has 0 radical (unpaired) electrons. The first-order chi connectivity index (χ1) is 5.43. The smallest absolute Gasteiger partial charge is 0.213 e. The minimum atomic E-state index is 0.834. The van der Waals surface area contributed by atoms with E-state index in [4.69, 9.17) is 0 Å². The molecule has 0 atom stereocenters. The first-order valence-electron chi connectivity index (χ1n) is 4.18. The second-order valence-electron chi connectivity index (χ2n) is 2.66. The van der Waals surface area contributed by atoms with Crippen LogP contribution in [0.5, 0.6) is 0 Å². The van der Waals surface area contributed by atoms with Gasteiger partial charge < -0.3 is 4.52 Å². The number of aryl methyl sites for hydroxylation is 1. The monoisotopic (exact) mass is 154 g/mol. The summed E-state index contributed by atoms with van der Waals surface area (Å²) in [5.74, 6) is 0.834. The Morgan fingerprint density at radius 1 is 1.36 bits per heavy atom. The zero-order valence-electron chi connectivity index (χ0n) is 6.92. The first kappa shape index (κ1) is 8.24. The molecule has 11 heavy (non-hydrogen) atoms. The Hall–Kier alpha value is -0.860. The molecule has 1 aromatic rings. The standard InChI is InChI=1S/C8H14N2O/c1-2-3-4-5-6-8-9-7-11-10-8/h7H,2-6H2,1H3. The maximum atomic E-state index is 4.61. The molecule has 0 aliphatic rings. The molecule has 0 N–H and O–H groups in total. The van der Waals surface area contributed by atoms with Crippen molar-refractivity contribution in [2.45, 2.75) is 39.0 Å². The second kappa shape index (κ2) is 4.88. The number of unbranched alkanes of at least 4 members (excludes halogenated alkanes) is 3. The van der Waals surface area contributed by atoms with Gasteiger partial charge in [-0.15, -0.1) is 0 Å². The molecule has 62 valence electrons. The van der Waals surface area contributed by atoms with E-state index in [1.165, 1.54) is 32.1 Å². The Morgan fingerprint density at radius 2 is 2.27 bits per heavy atom. The fourth-order valence-corrected chi connectivity index (χ4v) is 1.01. The van der Waals surface area contributed by atoms with Gasteiger partial charge in [-0.05, 0) is 6.42 Å². The van der Waals surface area contributed by atoms with Crippen LogP contribution in [0.2, 0.25) is 0 Å². The highest BCUT2D eigenvalue weighted by Gasteiger charge is 1.96. The maximum Gasteiger partial charge on any atom is 0.213 e. The van der Waals surface area contributed by atoms with Gasteiger partial charge in [-0.3, -0.25) is 0 Å². The van der Waals surface area contributed by atoms with E-state index in [-0.39, 0.29) is 0 Å². The van der Waals surface area contributed by atoms with Gasteiger partial charge in [0.1, 0.15) is 0 Å². The Morgan fingerprint density at radius 3 is 2.91 bits per heavy atom. The minimum absolute atomic E-state index is 0.834. The lowest BCUT2D eigenvalue weighted by Crippen LogP contribution is -1.87. The van der Waals surface area contributed by atoms with E-state index in [9.17, 15) is 0 Å². The maximum absolute atomic E-state index is 4.61. The average molecular weight is 154 g/mol. The number of hydrogen-bond donors (Lipinski definition) is 0. The molecule has 3 heteroatoms. The van der Waals surface area contributed by atoms with Crippen molar-refractivity contribution in [1.29, 1.82) is 0 Å². The first-order valence-corrected chi connectivity index (χ1v) is 4.18. The molecule has 0 saturated carbocycles. The molecule has 0 bridgehead atoms. The largest absolute Gasteiger partial charge is 0.343 e. The zero-order valence-corrected chi connectivity index (χ0v) is 6.92. The lowest BCUT2D eigenvalue weighted by molar-refractivity contribution is 0.408. The van der Waals surface area contributed by atoms with Crippen LogP contribution in [-0.2, 0) is 6.42 Å². The minimum Gasteiger partial charge on any atom is -0.343 e. The van der Waals surface area contributed by atoms with Crippen LogP contribution in [0.4, 0.5) is 0 Å². The normalized spacial score (nSPS) is 10.3. The van der Waals surface area contributed by atoms with Crippen molar-refractivity contribution in [1.82, 2.24) is 10.1 Å². The van der Waals surface area contributed by atoms with Crippen LogP contribution in [0.3, 0.4) is 0 Å². The quantitative estimate of drug-likeness (QED) is 0.610. The van der Waals surface area contributed by atoms with Gasteiger partial charge in [0, 0.05) is 6.42 Å². The summed E-state index contributed by atoms with van der Waals surface area (Å²) in [7, 11) is 0. The molecule has 0 saturated heterocycles. The summed E-state index contributed by atoms with van der Waals surface area (Å²) in [6.45, 7) is 2.20. The van der Waals surface area contributed by atoms with Gasteiger partial charge in [0.15, 0.2) is 5.82 Å². The third-order valence-corrected chi connectivity index (χ3v) is 1.66. The fourth-order valence-electron chi connectivity index (χ4n) is 1.01. The van der Waals surface area contributed by atoms with E-state index in [0.29, 0.717) is 0 Å². The van der Waals surface area contributed by atoms with Crippen molar-refractivity contribution in [3.05, 3.63) is 12.2 Å². The second-order valence-corrected chi connectivity index (χ2v) is 2.66. The van der Waals surface area contributed by atoms with Crippen molar-refractivity contribution >= 4 is 0 Å². The van der Waals surface area contributed by atoms with Crippen molar-refractivity contribution in [3.63, 3.8) is 0 Å². The van der Waals surface area contributed by atoms with Crippen molar-refractivity contribution in [3.8, 4) is 0 Å². The molecule has 0 aromatic carbocycles. The van der Waals surface area contributed by atoms with E-state index in [2.05, 4.69) is 21.6 Å². The van der Waals surface area contributed by atoms with Crippen LogP contribution in [-0.4, -0.2) is 10.1 Å². The third-order valence-electron chi connectivity index (χ3n) is 1.66. The molecular weight excluding hydrogens is 140 g/mol. The summed E-state index contributed by atoms with van der Waals surface area (Å²) in [6.07, 6.45) is 7.36. The number of aromatic nitrogens is 2. The molecule has 0 aliphatic carbocycles. The van der Waals surface area contributed by atoms with Gasteiger partial charge >= 0.3 is 0 Å². The summed E-state index contributed by atoms with van der Waals surface area (Å²) in [5, 5.41) is 3.73. The highest BCUT2D eigenvalue weighted by Crippen LogP contribution is 2.02. The number of nitrogens with zero attached hydrogens (tertiary/aromatic N) is 2. The summed E-state index contributed by atoms with van der Waals surface area (Å²) < 4.78 is 4.61. The predicted molar refractivity (Wildman–Crippen MR) is 42.1 cm³/mol. The lowest BCUT2D eigenvalue weighted by Gasteiger charge is -1.93. The SMILES string of the molecule is CCCCCCc1ncon1.